The quantitative estimate of drug-likeness (QED) is 0.254. The van der Waals surface area contributed by atoms with Crippen LogP contribution in [0, 0.1) is 6.92 Å². The van der Waals surface area contributed by atoms with Crippen molar-refractivity contribution < 1.29 is 14.3 Å². The number of fused-ring (bicyclic) bond motifs is 1. The summed E-state index contributed by atoms with van der Waals surface area (Å²) in [4.78, 5) is 49.8. The van der Waals surface area contributed by atoms with Gasteiger partial charge in [-0.15, -0.1) is 0 Å². The summed E-state index contributed by atoms with van der Waals surface area (Å²) in [5.41, 5.74) is 1.54. The van der Waals surface area contributed by atoms with Crippen LogP contribution in [0.5, 0.6) is 0 Å². The second kappa shape index (κ2) is 12.8. The molecule has 2 saturated heterocycles. The zero-order chi connectivity index (χ0) is 27.2. The summed E-state index contributed by atoms with van der Waals surface area (Å²) >= 11 is 6.76. The van der Waals surface area contributed by atoms with E-state index in [1.807, 2.05) is 24.0 Å². The number of pyridine rings is 1. The molecule has 0 aliphatic carbocycles. The molecule has 0 saturated carbocycles. The molecule has 4 rings (SSSR count). The molecule has 204 valence electrons. The van der Waals surface area contributed by atoms with E-state index in [-0.39, 0.29) is 17.6 Å². The molecule has 0 atom stereocenters. The Hall–Kier alpha value is -2.92. The summed E-state index contributed by atoms with van der Waals surface area (Å²) < 4.78 is 7.18. The van der Waals surface area contributed by atoms with E-state index in [9.17, 15) is 14.4 Å². The van der Waals surface area contributed by atoms with Crippen LogP contribution in [-0.4, -0.2) is 74.8 Å². The number of thioether (sulfide) groups is 1. The molecule has 9 nitrogen and oxygen atoms in total. The fourth-order valence-corrected chi connectivity index (χ4v) is 5.97. The summed E-state index contributed by atoms with van der Waals surface area (Å²) in [5, 5.41) is 0. The predicted molar refractivity (Wildman–Crippen MR) is 156 cm³/mol. The number of carbonyl (C=O) groups excluding carboxylic acids is 2. The maximum atomic E-state index is 13.7. The molecule has 2 aromatic rings. The fraction of sp³-hybridized carbons (Fsp3) is 0.519. The van der Waals surface area contributed by atoms with Gasteiger partial charge in [0.25, 0.3) is 11.5 Å². The number of nitrogens with zero attached hydrogens (tertiary/aromatic N) is 5. The van der Waals surface area contributed by atoms with Gasteiger partial charge < -0.3 is 14.5 Å². The van der Waals surface area contributed by atoms with E-state index in [1.54, 1.807) is 29.0 Å². The number of anilines is 1. The van der Waals surface area contributed by atoms with Crippen LogP contribution in [0.25, 0.3) is 11.7 Å². The minimum atomic E-state index is -0.340. The lowest BCUT2D eigenvalue weighted by Crippen LogP contribution is -2.49. The summed E-state index contributed by atoms with van der Waals surface area (Å²) in [6, 6.07) is 3.72. The van der Waals surface area contributed by atoms with Gasteiger partial charge in [0.1, 0.15) is 15.8 Å². The summed E-state index contributed by atoms with van der Waals surface area (Å²) in [7, 11) is 0. The van der Waals surface area contributed by atoms with Crippen molar-refractivity contribution in [3.05, 3.63) is 44.7 Å². The van der Waals surface area contributed by atoms with Crippen molar-refractivity contribution in [2.45, 2.75) is 52.9 Å². The molecule has 2 amide bonds. The Labute approximate surface area is 232 Å². The molecular formula is C27H35N5O4S2. The molecule has 2 aliphatic heterocycles. The molecule has 2 fully saturated rings. The lowest BCUT2D eigenvalue weighted by Gasteiger charge is -2.35. The van der Waals surface area contributed by atoms with Gasteiger partial charge in [0.05, 0.1) is 17.1 Å². The zero-order valence-corrected chi connectivity index (χ0v) is 23.9. The highest BCUT2D eigenvalue weighted by Gasteiger charge is 2.33. The minimum absolute atomic E-state index is 0.165. The van der Waals surface area contributed by atoms with Gasteiger partial charge in [0.15, 0.2) is 0 Å². The first-order chi connectivity index (χ1) is 18.3. The van der Waals surface area contributed by atoms with Crippen molar-refractivity contribution >= 4 is 57.8 Å². The van der Waals surface area contributed by atoms with Gasteiger partial charge >= 0.3 is 6.09 Å². The number of hydrogen-bond acceptors (Lipinski definition) is 8. The molecule has 11 heteroatoms. The molecule has 2 aromatic heterocycles. The van der Waals surface area contributed by atoms with Crippen LogP contribution in [0.2, 0.25) is 0 Å². The Balaban J connectivity index is 1.65. The molecule has 0 spiro atoms. The number of carbonyl (C=O) groups is 2. The lowest BCUT2D eigenvalue weighted by molar-refractivity contribution is -0.122. The normalized spacial score (nSPS) is 17.2. The fourth-order valence-electron chi connectivity index (χ4n) is 4.68. The highest BCUT2D eigenvalue weighted by Crippen LogP contribution is 2.34. The highest BCUT2D eigenvalue weighted by atomic mass is 32.2. The molecular weight excluding hydrogens is 522 g/mol. The number of unbranched alkanes of at least 4 members (excludes halogenated alkanes) is 4. The van der Waals surface area contributed by atoms with Crippen molar-refractivity contribution in [1.29, 1.82) is 0 Å². The van der Waals surface area contributed by atoms with Gasteiger partial charge in [-0.25, -0.2) is 9.78 Å². The van der Waals surface area contributed by atoms with Gasteiger partial charge in [-0.1, -0.05) is 62.7 Å². The standard InChI is InChI=1S/C27H35N5O4S2/c1-4-6-7-8-9-12-32-25(34)21(38-27(32)37)18-20-23(28-22-19(3)11-10-13-31(22)24(20)33)29-14-16-30(17-15-29)26(35)36-5-2/h10-11,13,18H,4-9,12,14-17H2,1-3H3/b21-18+. The number of ether oxygens (including phenoxy) is 1. The number of aryl methyl sites for hydroxylation is 1. The topological polar surface area (TPSA) is 87.5 Å². The van der Waals surface area contributed by atoms with Crippen LogP contribution in [0.1, 0.15) is 57.1 Å². The second-order valence-electron chi connectivity index (χ2n) is 9.46. The number of thiocarbonyl (C=S) groups is 1. The van der Waals surface area contributed by atoms with Gasteiger partial charge in [-0.3, -0.25) is 18.9 Å². The molecule has 0 aromatic carbocycles. The molecule has 0 radical (unpaired) electrons. The third kappa shape index (κ3) is 6.04. The average molecular weight is 558 g/mol. The summed E-state index contributed by atoms with van der Waals surface area (Å²) in [6.45, 7) is 8.66. The van der Waals surface area contributed by atoms with E-state index >= 15 is 0 Å². The van der Waals surface area contributed by atoms with Gasteiger partial charge in [-0.2, -0.15) is 0 Å². The average Bonchev–Trinajstić information content (AvgIpc) is 3.18. The zero-order valence-electron chi connectivity index (χ0n) is 22.3. The second-order valence-corrected chi connectivity index (χ2v) is 11.1. The van der Waals surface area contributed by atoms with Crippen LogP contribution >= 0.6 is 24.0 Å². The summed E-state index contributed by atoms with van der Waals surface area (Å²) in [6.07, 6.45) is 8.45. The van der Waals surface area contributed by atoms with E-state index in [1.165, 1.54) is 29.0 Å². The Morgan fingerprint density at radius 1 is 1.13 bits per heavy atom. The Morgan fingerprint density at radius 3 is 2.58 bits per heavy atom. The number of rotatable bonds is 9. The number of amides is 2. The molecule has 4 heterocycles. The Kier molecular flexibility index (Phi) is 9.43. The predicted octanol–water partition coefficient (Wildman–Crippen LogP) is 4.45. The number of aromatic nitrogens is 2. The van der Waals surface area contributed by atoms with Crippen molar-refractivity contribution in [1.82, 2.24) is 19.2 Å². The third-order valence-electron chi connectivity index (χ3n) is 6.80. The monoisotopic (exact) mass is 557 g/mol. The molecule has 38 heavy (non-hydrogen) atoms. The maximum Gasteiger partial charge on any atom is 0.409 e. The van der Waals surface area contributed by atoms with E-state index in [4.69, 9.17) is 21.9 Å². The first-order valence-electron chi connectivity index (χ1n) is 13.3. The van der Waals surface area contributed by atoms with Gasteiger partial charge in [-0.05, 0) is 38.0 Å². The molecule has 0 bridgehead atoms. The van der Waals surface area contributed by atoms with Crippen LogP contribution in [0.15, 0.2) is 28.0 Å². The molecule has 0 N–H and O–H groups in total. The third-order valence-corrected chi connectivity index (χ3v) is 8.18. The van der Waals surface area contributed by atoms with Crippen LogP contribution in [-0.2, 0) is 9.53 Å². The van der Waals surface area contributed by atoms with Crippen LogP contribution in [0.4, 0.5) is 10.6 Å². The van der Waals surface area contributed by atoms with E-state index in [0.717, 1.165) is 24.8 Å². The highest BCUT2D eigenvalue weighted by molar-refractivity contribution is 8.26. The number of piperazine rings is 1. The van der Waals surface area contributed by atoms with Crippen molar-refractivity contribution in [3.63, 3.8) is 0 Å². The first-order valence-corrected chi connectivity index (χ1v) is 14.5. The van der Waals surface area contributed by atoms with Crippen LogP contribution < -0.4 is 10.5 Å². The molecule has 0 unspecified atom stereocenters. The van der Waals surface area contributed by atoms with Gasteiger partial charge in [0.2, 0.25) is 0 Å². The largest absolute Gasteiger partial charge is 0.450 e. The minimum Gasteiger partial charge on any atom is -0.450 e. The first kappa shape index (κ1) is 28.1. The Morgan fingerprint density at radius 2 is 1.87 bits per heavy atom. The maximum absolute atomic E-state index is 13.7. The van der Waals surface area contributed by atoms with E-state index in [2.05, 4.69) is 6.92 Å². The van der Waals surface area contributed by atoms with Crippen LogP contribution in [0.3, 0.4) is 0 Å². The lowest BCUT2D eigenvalue weighted by atomic mass is 10.1. The van der Waals surface area contributed by atoms with E-state index < -0.39 is 0 Å². The van der Waals surface area contributed by atoms with E-state index in [0.29, 0.717) is 65.6 Å². The van der Waals surface area contributed by atoms with Crippen molar-refractivity contribution in [2.24, 2.45) is 0 Å². The Bertz CT molecular complexity index is 1300. The van der Waals surface area contributed by atoms with Crippen molar-refractivity contribution in [3.8, 4) is 0 Å². The SMILES string of the molecule is CCCCCCCN1C(=O)/C(=C\c2c(N3CCN(C(=O)OCC)CC3)nc3c(C)cccn3c2=O)SC1=S. The summed E-state index contributed by atoms with van der Waals surface area (Å²) in [5.74, 6) is 0.347. The van der Waals surface area contributed by atoms with Crippen molar-refractivity contribution in [2.75, 3.05) is 44.2 Å². The smallest absolute Gasteiger partial charge is 0.409 e. The van der Waals surface area contributed by atoms with Gasteiger partial charge in [0, 0.05) is 38.9 Å². The molecule has 2 aliphatic rings. The number of hydrogen-bond donors (Lipinski definition) is 0.